The summed E-state index contributed by atoms with van der Waals surface area (Å²) in [4.78, 5) is 17.4. The van der Waals surface area contributed by atoms with Crippen molar-refractivity contribution in [2.45, 2.75) is 12.5 Å². The standard InChI is InChI=1S/C23H17Cl2N3O2/c24-17-10-6-9-16(14-17)21-27-23(30-28-21)20(13-15-7-2-1-3-8-15)26-22(29)18-11-4-5-12-19(18)25/h1-12,14,20H,13H2,(H,26,29)/t20-/m0/s1. The fraction of sp³-hybridized carbons (Fsp3) is 0.0870. The van der Waals surface area contributed by atoms with E-state index >= 15 is 0 Å². The van der Waals surface area contributed by atoms with Crippen LogP contribution in [0.25, 0.3) is 11.4 Å². The van der Waals surface area contributed by atoms with Gasteiger partial charge in [-0.3, -0.25) is 4.79 Å². The van der Waals surface area contributed by atoms with E-state index < -0.39 is 6.04 Å². The maximum absolute atomic E-state index is 12.9. The van der Waals surface area contributed by atoms with E-state index in [2.05, 4.69) is 15.5 Å². The third-order valence-corrected chi connectivity index (χ3v) is 5.09. The quantitative estimate of drug-likeness (QED) is 0.416. The minimum absolute atomic E-state index is 0.300. The molecule has 1 N–H and O–H groups in total. The molecular formula is C23H17Cl2N3O2. The van der Waals surface area contributed by atoms with Crippen LogP contribution in [-0.4, -0.2) is 16.0 Å². The lowest BCUT2D eigenvalue weighted by Crippen LogP contribution is -2.30. The predicted octanol–water partition coefficient (Wildman–Crippen LogP) is 5.76. The van der Waals surface area contributed by atoms with Crippen LogP contribution in [0.15, 0.2) is 83.4 Å². The van der Waals surface area contributed by atoms with Gasteiger partial charge in [-0.1, -0.05) is 83.0 Å². The van der Waals surface area contributed by atoms with E-state index in [4.69, 9.17) is 27.7 Å². The smallest absolute Gasteiger partial charge is 0.253 e. The summed E-state index contributed by atoms with van der Waals surface area (Å²) in [6, 6.07) is 23.3. The van der Waals surface area contributed by atoms with Crippen LogP contribution in [0.1, 0.15) is 27.9 Å². The van der Waals surface area contributed by atoms with Gasteiger partial charge in [0.05, 0.1) is 10.6 Å². The molecule has 1 amide bonds. The number of hydrogen-bond donors (Lipinski definition) is 1. The van der Waals surface area contributed by atoms with Crippen molar-refractivity contribution in [1.29, 1.82) is 0 Å². The zero-order chi connectivity index (χ0) is 20.9. The van der Waals surface area contributed by atoms with Gasteiger partial charge in [0.1, 0.15) is 6.04 Å². The average Bonchev–Trinajstić information content (AvgIpc) is 3.25. The van der Waals surface area contributed by atoms with Gasteiger partial charge in [0, 0.05) is 17.0 Å². The Morgan fingerprint density at radius 1 is 0.967 bits per heavy atom. The Morgan fingerprint density at radius 2 is 1.73 bits per heavy atom. The second kappa shape index (κ2) is 9.11. The summed E-state index contributed by atoms with van der Waals surface area (Å²) < 4.78 is 5.51. The number of amides is 1. The SMILES string of the molecule is O=C(N[C@@H](Cc1ccccc1)c1nc(-c2cccc(Cl)c2)no1)c1ccccc1Cl. The molecule has 0 aliphatic carbocycles. The van der Waals surface area contributed by atoms with Crippen LogP contribution in [0.2, 0.25) is 10.0 Å². The van der Waals surface area contributed by atoms with Gasteiger partial charge < -0.3 is 9.84 Å². The highest BCUT2D eigenvalue weighted by atomic mass is 35.5. The van der Waals surface area contributed by atoms with E-state index in [9.17, 15) is 4.79 Å². The second-order valence-corrected chi connectivity index (χ2v) is 7.51. The third-order valence-electron chi connectivity index (χ3n) is 4.53. The summed E-state index contributed by atoms with van der Waals surface area (Å²) >= 11 is 12.3. The van der Waals surface area contributed by atoms with Crippen molar-refractivity contribution >= 4 is 29.1 Å². The molecule has 0 bridgehead atoms. The minimum atomic E-state index is -0.531. The Labute approximate surface area is 183 Å². The van der Waals surface area contributed by atoms with E-state index in [1.54, 1.807) is 36.4 Å². The molecule has 1 aromatic heterocycles. The number of nitrogens with one attached hydrogen (secondary N) is 1. The lowest BCUT2D eigenvalue weighted by atomic mass is 10.1. The molecule has 1 atom stereocenters. The van der Waals surface area contributed by atoms with Crippen molar-refractivity contribution in [3.63, 3.8) is 0 Å². The number of carbonyl (C=O) groups is 1. The lowest BCUT2D eigenvalue weighted by molar-refractivity contribution is 0.0928. The molecule has 0 unspecified atom stereocenters. The van der Waals surface area contributed by atoms with Crippen LogP contribution in [0.4, 0.5) is 0 Å². The molecule has 0 spiro atoms. The normalized spacial score (nSPS) is 11.8. The van der Waals surface area contributed by atoms with Gasteiger partial charge in [-0.2, -0.15) is 4.98 Å². The van der Waals surface area contributed by atoms with Crippen molar-refractivity contribution in [2.24, 2.45) is 0 Å². The summed E-state index contributed by atoms with van der Waals surface area (Å²) in [6.07, 6.45) is 0.480. The van der Waals surface area contributed by atoms with Crippen LogP contribution in [0.3, 0.4) is 0 Å². The Kier molecular flexibility index (Phi) is 6.12. The summed E-state index contributed by atoms with van der Waals surface area (Å²) in [6.45, 7) is 0. The maximum Gasteiger partial charge on any atom is 0.253 e. The summed E-state index contributed by atoms with van der Waals surface area (Å²) in [5, 5.41) is 7.98. The van der Waals surface area contributed by atoms with Gasteiger partial charge in [-0.15, -0.1) is 0 Å². The van der Waals surface area contributed by atoms with Crippen molar-refractivity contribution in [3.8, 4) is 11.4 Å². The van der Waals surface area contributed by atoms with E-state index in [1.165, 1.54) is 0 Å². The van der Waals surface area contributed by atoms with Crippen LogP contribution in [0, 0.1) is 0 Å². The van der Waals surface area contributed by atoms with Crippen LogP contribution in [-0.2, 0) is 6.42 Å². The number of rotatable bonds is 6. The number of benzene rings is 3. The first-order chi connectivity index (χ1) is 14.6. The molecule has 0 saturated heterocycles. The highest BCUT2D eigenvalue weighted by Crippen LogP contribution is 2.24. The molecule has 3 aromatic carbocycles. The topological polar surface area (TPSA) is 68.0 Å². The highest BCUT2D eigenvalue weighted by Gasteiger charge is 2.24. The first kappa shape index (κ1) is 20.1. The molecule has 7 heteroatoms. The fourth-order valence-electron chi connectivity index (χ4n) is 3.05. The molecule has 0 fully saturated rings. The van der Waals surface area contributed by atoms with Gasteiger partial charge in [0.15, 0.2) is 0 Å². The average molecular weight is 438 g/mol. The Hall–Kier alpha value is -3.15. The van der Waals surface area contributed by atoms with Crippen LogP contribution in [0.5, 0.6) is 0 Å². The largest absolute Gasteiger partial charge is 0.340 e. The number of halogens is 2. The van der Waals surface area contributed by atoms with Gasteiger partial charge in [0.25, 0.3) is 5.91 Å². The first-order valence-electron chi connectivity index (χ1n) is 9.29. The van der Waals surface area contributed by atoms with Crippen molar-refractivity contribution < 1.29 is 9.32 Å². The van der Waals surface area contributed by atoms with Crippen LogP contribution < -0.4 is 5.32 Å². The van der Waals surface area contributed by atoms with E-state index in [-0.39, 0.29) is 5.91 Å². The number of aromatic nitrogens is 2. The predicted molar refractivity (Wildman–Crippen MR) is 117 cm³/mol. The molecule has 4 aromatic rings. The van der Waals surface area contributed by atoms with Gasteiger partial charge in [-0.05, 0) is 29.8 Å². The summed E-state index contributed by atoms with van der Waals surface area (Å²) in [7, 11) is 0. The molecule has 30 heavy (non-hydrogen) atoms. The molecule has 0 radical (unpaired) electrons. The van der Waals surface area contributed by atoms with E-state index in [0.717, 1.165) is 11.1 Å². The molecule has 0 saturated carbocycles. The number of hydrogen-bond acceptors (Lipinski definition) is 4. The lowest BCUT2D eigenvalue weighted by Gasteiger charge is -2.16. The van der Waals surface area contributed by atoms with Gasteiger partial charge >= 0.3 is 0 Å². The van der Waals surface area contributed by atoms with Crippen LogP contribution >= 0.6 is 23.2 Å². The fourth-order valence-corrected chi connectivity index (χ4v) is 3.46. The molecule has 1 heterocycles. The summed E-state index contributed by atoms with van der Waals surface area (Å²) in [5.74, 6) is 0.385. The van der Waals surface area contributed by atoms with Gasteiger partial charge in [0.2, 0.25) is 11.7 Å². The van der Waals surface area contributed by atoms with E-state index in [1.807, 2.05) is 42.5 Å². The molecule has 150 valence electrons. The van der Waals surface area contributed by atoms with Gasteiger partial charge in [-0.25, -0.2) is 0 Å². The zero-order valence-electron chi connectivity index (χ0n) is 15.8. The highest BCUT2D eigenvalue weighted by molar-refractivity contribution is 6.33. The van der Waals surface area contributed by atoms with Crippen molar-refractivity contribution in [3.05, 3.63) is 106 Å². The number of carbonyl (C=O) groups excluding carboxylic acids is 1. The number of nitrogens with zero attached hydrogens (tertiary/aromatic N) is 2. The zero-order valence-corrected chi connectivity index (χ0v) is 17.3. The van der Waals surface area contributed by atoms with E-state index in [0.29, 0.717) is 33.7 Å². The first-order valence-corrected chi connectivity index (χ1v) is 10.0. The molecule has 0 aliphatic heterocycles. The molecular weight excluding hydrogens is 421 g/mol. The van der Waals surface area contributed by atoms with Crippen molar-refractivity contribution in [2.75, 3.05) is 0 Å². The Morgan fingerprint density at radius 3 is 2.50 bits per heavy atom. The third kappa shape index (κ3) is 4.70. The second-order valence-electron chi connectivity index (χ2n) is 6.66. The van der Waals surface area contributed by atoms with Crippen molar-refractivity contribution in [1.82, 2.24) is 15.5 Å². The molecule has 5 nitrogen and oxygen atoms in total. The maximum atomic E-state index is 12.9. The Bertz CT molecular complexity index is 1160. The summed E-state index contributed by atoms with van der Waals surface area (Å²) in [5.41, 5.74) is 2.13. The minimum Gasteiger partial charge on any atom is -0.340 e. The monoisotopic (exact) mass is 437 g/mol. The molecule has 0 aliphatic rings. The molecule has 4 rings (SSSR count). The Balaban J connectivity index is 1.64.